The van der Waals surface area contributed by atoms with Gasteiger partial charge in [-0.3, -0.25) is 0 Å². The van der Waals surface area contributed by atoms with E-state index in [9.17, 15) is 13.5 Å². The van der Waals surface area contributed by atoms with Crippen LogP contribution in [0.5, 0.6) is 0 Å². The second kappa shape index (κ2) is 6.72. The third-order valence-electron chi connectivity index (χ3n) is 3.48. The van der Waals surface area contributed by atoms with Gasteiger partial charge in [-0.15, -0.1) is 0 Å². The molecule has 110 valence electrons. The molecule has 0 aliphatic heterocycles. The van der Waals surface area contributed by atoms with Crippen LogP contribution in [-0.4, -0.2) is 26.2 Å². The van der Waals surface area contributed by atoms with Crippen molar-refractivity contribution in [1.29, 1.82) is 0 Å². The molecule has 0 amide bonds. The standard InChI is InChI=1S/C14H18ClNO3S/c15-13-6-4-11(5-7-13)8-9-20(18,19)16-10-12-2-1-3-14(12)17/h4-9,12,14,16-17H,1-3,10H2/b9-8+. The molecule has 2 atom stereocenters. The Bertz CT molecular complexity index is 569. The number of halogens is 1. The fourth-order valence-electron chi connectivity index (χ4n) is 2.27. The van der Waals surface area contributed by atoms with E-state index in [0.717, 1.165) is 30.2 Å². The van der Waals surface area contributed by atoms with Crippen LogP contribution in [0.1, 0.15) is 24.8 Å². The largest absolute Gasteiger partial charge is 0.393 e. The minimum absolute atomic E-state index is 0.0220. The molecule has 2 unspecified atom stereocenters. The Labute approximate surface area is 124 Å². The van der Waals surface area contributed by atoms with Crippen LogP contribution >= 0.6 is 11.6 Å². The highest BCUT2D eigenvalue weighted by Gasteiger charge is 2.25. The number of hydrogen-bond acceptors (Lipinski definition) is 3. The van der Waals surface area contributed by atoms with Crippen molar-refractivity contribution in [1.82, 2.24) is 4.72 Å². The van der Waals surface area contributed by atoms with Gasteiger partial charge in [0, 0.05) is 17.0 Å². The maximum absolute atomic E-state index is 11.8. The molecule has 1 aromatic carbocycles. The molecule has 0 spiro atoms. The van der Waals surface area contributed by atoms with Gasteiger partial charge in [0.2, 0.25) is 10.0 Å². The van der Waals surface area contributed by atoms with Gasteiger partial charge < -0.3 is 5.11 Å². The van der Waals surface area contributed by atoms with Gasteiger partial charge in [-0.2, -0.15) is 0 Å². The summed E-state index contributed by atoms with van der Waals surface area (Å²) in [6, 6.07) is 6.90. The lowest BCUT2D eigenvalue weighted by molar-refractivity contribution is 0.135. The molecule has 4 nitrogen and oxygen atoms in total. The van der Waals surface area contributed by atoms with Crippen molar-refractivity contribution < 1.29 is 13.5 Å². The van der Waals surface area contributed by atoms with Crippen molar-refractivity contribution in [3.63, 3.8) is 0 Å². The van der Waals surface area contributed by atoms with Crippen LogP contribution in [0.15, 0.2) is 29.7 Å². The van der Waals surface area contributed by atoms with E-state index in [1.165, 1.54) is 6.08 Å². The Kier molecular flexibility index (Phi) is 5.21. The molecule has 0 aromatic heterocycles. The van der Waals surface area contributed by atoms with Gasteiger partial charge in [0.15, 0.2) is 0 Å². The Hall–Kier alpha value is -0.880. The van der Waals surface area contributed by atoms with E-state index >= 15 is 0 Å². The highest BCUT2D eigenvalue weighted by Crippen LogP contribution is 2.24. The lowest BCUT2D eigenvalue weighted by Crippen LogP contribution is -2.31. The fourth-order valence-corrected chi connectivity index (χ4v) is 3.27. The predicted molar refractivity (Wildman–Crippen MR) is 80.8 cm³/mol. The molecule has 2 N–H and O–H groups in total. The SMILES string of the molecule is O=S(=O)(/C=C/c1ccc(Cl)cc1)NCC1CCCC1O. The van der Waals surface area contributed by atoms with E-state index in [4.69, 9.17) is 11.6 Å². The molecule has 0 saturated heterocycles. The molecule has 1 aliphatic carbocycles. The highest BCUT2D eigenvalue weighted by atomic mass is 35.5. The van der Waals surface area contributed by atoms with Gasteiger partial charge in [-0.05, 0) is 42.5 Å². The van der Waals surface area contributed by atoms with Crippen molar-refractivity contribution in [2.75, 3.05) is 6.54 Å². The summed E-state index contributed by atoms with van der Waals surface area (Å²) in [5.74, 6) is 0.0220. The Morgan fingerprint density at radius 1 is 1.30 bits per heavy atom. The minimum Gasteiger partial charge on any atom is -0.393 e. The van der Waals surface area contributed by atoms with Crippen molar-refractivity contribution in [2.24, 2.45) is 5.92 Å². The van der Waals surface area contributed by atoms with Crippen molar-refractivity contribution >= 4 is 27.7 Å². The van der Waals surface area contributed by atoms with Crippen LogP contribution in [0.3, 0.4) is 0 Å². The maximum Gasteiger partial charge on any atom is 0.233 e. The normalized spacial score (nSPS) is 23.5. The van der Waals surface area contributed by atoms with E-state index in [2.05, 4.69) is 4.72 Å². The van der Waals surface area contributed by atoms with Gasteiger partial charge in [-0.25, -0.2) is 13.1 Å². The van der Waals surface area contributed by atoms with Gasteiger partial charge in [0.25, 0.3) is 0 Å². The zero-order valence-corrected chi connectivity index (χ0v) is 12.6. The quantitative estimate of drug-likeness (QED) is 0.876. The average Bonchev–Trinajstić information content (AvgIpc) is 2.82. The fraction of sp³-hybridized carbons (Fsp3) is 0.429. The van der Waals surface area contributed by atoms with Crippen LogP contribution < -0.4 is 4.72 Å². The molecule has 1 aliphatic rings. The molecule has 20 heavy (non-hydrogen) atoms. The Balaban J connectivity index is 1.91. The first-order chi connectivity index (χ1) is 9.46. The average molecular weight is 316 g/mol. The lowest BCUT2D eigenvalue weighted by Gasteiger charge is -2.13. The van der Waals surface area contributed by atoms with Crippen LogP contribution in [-0.2, 0) is 10.0 Å². The summed E-state index contributed by atoms with van der Waals surface area (Å²) < 4.78 is 26.2. The minimum atomic E-state index is -3.48. The molecule has 6 heteroatoms. The number of aliphatic hydroxyl groups excluding tert-OH is 1. The van der Waals surface area contributed by atoms with Gasteiger partial charge in [0.1, 0.15) is 0 Å². The highest BCUT2D eigenvalue weighted by molar-refractivity contribution is 7.92. The van der Waals surface area contributed by atoms with Gasteiger partial charge in [0.05, 0.1) is 6.10 Å². The third kappa shape index (κ3) is 4.59. The maximum atomic E-state index is 11.8. The number of rotatable bonds is 5. The second-order valence-electron chi connectivity index (χ2n) is 5.01. The molecule has 1 saturated carbocycles. The van der Waals surface area contributed by atoms with E-state index < -0.39 is 16.1 Å². The molecule has 2 rings (SSSR count). The van der Waals surface area contributed by atoms with Crippen molar-refractivity contribution in [3.05, 3.63) is 40.3 Å². The molecular weight excluding hydrogens is 298 g/mol. The topological polar surface area (TPSA) is 66.4 Å². The molecule has 0 radical (unpaired) electrons. The number of hydrogen-bond donors (Lipinski definition) is 2. The zero-order chi connectivity index (χ0) is 14.6. The number of aliphatic hydroxyl groups is 1. The first kappa shape index (κ1) is 15.5. The van der Waals surface area contributed by atoms with Crippen LogP contribution in [0.4, 0.5) is 0 Å². The van der Waals surface area contributed by atoms with Gasteiger partial charge in [-0.1, -0.05) is 30.2 Å². The van der Waals surface area contributed by atoms with Crippen LogP contribution in [0, 0.1) is 5.92 Å². The first-order valence-corrected chi connectivity index (χ1v) is 8.50. The van der Waals surface area contributed by atoms with Crippen LogP contribution in [0.25, 0.3) is 6.08 Å². The summed E-state index contributed by atoms with van der Waals surface area (Å²) in [6.07, 6.45) is 3.70. The molecule has 1 fully saturated rings. The molecule has 1 aromatic rings. The number of nitrogens with one attached hydrogen (secondary N) is 1. The lowest BCUT2D eigenvalue weighted by atomic mass is 10.1. The molecule has 0 heterocycles. The number of sulfonamides is 1. The third-order valence-corrected chi connectivity index (χ3v) is 4.79. The smallest absolute Gasteiger partial charge is 0.233 e. The van der Waals surface area contributed by atoms with Crippen molar-refractivity contribution in [3.8, 4) is 0 Å². The van der Waals surface area contributed by atoms with Gasteiger partial charge >= 0.3 is 0 Å². The number of benzene rings is 1. The summed E-state index contributed by atoms with van der Waals surface area (Å²) in [7, 11) is -3.48. The Morgan fingerprint density at radius 3 is 2.60 bits per heavy atom. The summed E-state index contributed by atoms with van der Waals surface area (Å²) in [6.45, 7) is 0.286. The first-order valence-electron chi connectivity index (χ1n) is 6.58. The van der Waals surface area contributed by atoms with E-state index in [1.54, 1.807) is 24.3 Å². The van der Waals surface area contributed by atoms with E-state index in [-0.39, 0.29) is 12.5 Å². The van der Waals surface area contributed by atoms with Crippen molar-refractivity contribution in [2.45, 2.75) is 25.4 Å². The second-order valence-corrected chi connectivity index (χ2v) is 7.09. The monoisotopic (exact) mass is 315 g/mol. The zero-order valence-electron chi connectivity index (χ0n) is 11.0. The summed E-state index contributed by atoms with van der Waals surface area (Å²) in [5.41, 5.74) is 0.765. The Morgan fingerprint density at radius 2 is 2.00 bits per heavy atom. The van der Waals surface area contributed by atoms with E-state index in [1.807, 2.05) is 0 Å². The summed E-state index contributed by atoms with van der Waals surface area (Å²) >= 11 is 5.76. The summed E-state index contributed by atoms with van der Waals surface area (Å²) in [5, 5.41) is 11.4. The summed E-state index contributed by atoms with van der Waals surface area (Å²) in [4.78, 5) is 0. The van der Waals surface area contributed by atoms with E-state index in [0.29, 0.717) is 5.02 Å². The predicted octanol–water partition coefficient (Wildman–Crippen LogP) is 2.39. The van der Waals surface area contributed by atoms with Crippen LogP contribution in [0.2, 0.25) is 5.02 Å². The molecule has 0 bridgehead atoms. The molecular formula is C14H18ClNO3S.